The zero-order chi connectivity index (χ0) is 20.4. The van der Waals surface area contributed by atoms with Crippen molar-refractivity contribution in [1.82, 2.24) is 5.32 Å². The molecule has 4 nitrogen and oxygen atoms in total. The quantitative estimate of drug-likeness (QED) is 0.310. The van der Waals surface area contributed by atoms with Gasteiger partial charge >= 0.3 is 5.97 Å². The summed E-state index contributed by atoms with van der Waals surface area (Å²) in [5, 5.41) is 7.14. The summed E-state index contributed by atoms with van der Waals surface area (Å²) in [5.74, 6) is 1.63. The fraction of sp³-hybridized carbons (Fsp3) is 0.333. The van der Waals surface area contributed by atoms with Crippen molar-refractivity contribution in [2.75, 3.05) is 24.2 Å². The fourth-order valence-corrected chi connectivity index (χ4v) is 3.93. The number of ether oxygens (including phenoxy) is 1. The molecule has 2 rings (SSSR count). The van der Waals surface area contributed by atoms with Gasteiger partial charge in [-0.05, 0) is 67.6 Å². The number of hydrogen-bond donors (Lipinski definition) is 2. The highest BCUT2D eigenvalue weighted by Gasteiger charge is 2.12. The minimum Gasteiger partial charge on any atom is -0.462 e. The van der Waals surface area contributed by atoms with Crippen molar-refractivity contribution in [3.05, 3.63) is 64.2 Å². The van der Waals surface area contributed by atoms with E-state index in [2.05, 4.69) is 41.8 Å². The third-order valence-corrected chi connectivity index (χ3v) is 5.66. The Balaban J connectivity index is 1.70. The van der Waals surface area contributed by atoms with E-state index in [9.17, 15) is 4.79 Å². The van der Waals surface area contributed by atoms with Gasteiger partial charge in [0.1, 0.15) is 0 Å². The Kier molecular flexibility index (Phi) is 9.61. The maximum atomic E-state index is 11.9. The van der Waals surface area contributed by atoms with Crippen LogP contribution < -0.4 is 10.6 Å². The number of esters is 1. The monoisotopic (exact) mass is 436 g/mol. The first-order valence-corrected chi connectivity index (χ1v) is 11.1. The van der Waals surface area contributed by atoms with E-state index in [-0.39, 0.29) is 0 Å². The Morgan fingerprint density at radius 1 is 1.25 bits per heavy atom. The molecule has 0 saturated carbocycles. The second-order valence-corrected chi connectivity index (χ2v) is 8.05. The summed E-state index contributed by atoms with van der Waals surface area (Å²) in [6.07, 6.45) is 1.01. The molecule has 2 aromatic rings. The van der Waals surface area contributed by atoms with Crippen LogP contribution in [0.1, 0.15) is 34.8 Å². The number of benzene rings is 2. The number of rotatable bonds is 9. The Labute approximate surface area is 181 Å². The number of thiocarbonyl (C=S) groups is 1. The van der Waals surface area contributed by atoms with Crippen molar-refractivity contribution in [3.63, 3.8) is 0 Å². The summed E-state index contributed by atoms with van der Waals surface area (Å²) < 4.78 is 5.01. The van der Waals surface area contributed by atoms with Gasteiger partial charge in [0.15, 0.2) is 5.11 Å². The van der Waals surface area contributed by atoms with Gasteiger partial charge in [0.25, 0.3) is 0 Å². The van der Waals surface area contributed by atoms with Gasteiger partial charge in [0.05, 0.1) is 17.2 Å². The van der Waals surface area contributed by atoms with E-state index in [0.29, 0.717) is 28.0 Å². The van der Waals surface area contributed by atoms with Crippen LogP contribution in [0.4, 0.5) is 5.69 Å². The molecule has 0 aromatic heterocycles. The van der Waals surface area contributed by atoms with Crippen LogP contribution in [0.15, 0.2) is 42.5 Å². The van der Waals surface area contributed by atoms with E-state index < -0.39 is 5.97 Å². The number of carbonyl (C=O) groups excluding carboxylic acids is 1. The van der Waals surface area contributed by atoms with E-state index in [1.807, 2.05) is 11.8 Å². The smallest absolute Gasteiger partial charge is 0.339 e. The molecule has 0 unspecified atom stereocenters. The van der Waals surface area contributed by atoms with Gasteiger partial charge in [-0.15, -0.1) is 0 Å². The molecular formula is C21H25ClN2O2S2. The lowest BCUT2D eigenvalue weighted by Gasteiger charge is -2.12. The topological polar surface area (TPSA) is 50.4 Å². The fourth-order valence-electron chi connectivity index (χ4n) is 2.47. The van der Waals surface area contributed by atoms with Crippen molar-refractivity contribution in [1.29, 1.82) is 0 Å². The van der Waals surface area contributed by atoms with E-state index in [1.165, 1.54) is 11.1 Å². The van der Waals surface area contributed by atoms with Gasteiger partial charge in [-0.3, -0.25) is 0 Å². The van der Waals surface area contributed by atoms with Crippen molar-refractivity contribution in [2.45, 2.75) is 26.0 Å². The van der Waals surface area contributed by atoms with Crippen molar-refractivity contribution < 1.29 is 9.53 Å². The largest absolute Gasteiger partial charge is 0.462 e. The van der Waals surface area contributed by atoms with Crippen LogP contribution in [0.25, 0.3) is 0 Å². The molecule has 2 N–H and O–H groups in total. The molecule has 28 heavy (non-hydrogen) atoms. The molecule has 2 aromatic carbocycles. The van der Waals surface area contributed by atoms with Crippen LogP contribution in [-0.2, 0) is 10.5 Å². The molecule has 0 heterocycles. The molecule has 0 bridgehead atoms. The summed E-state index contributed by atoms with van der Waals surface area (Å²) in [6.45, 7) is 4.98. The van der Waals surface area contributed by atoms with Crippen LogP contribution in [0.2, 0.25) is 5.02 Å². The first kappa shape index (κ1) is 22.5. The van der Waals surface area contributed by atoms with Crippen LogP contribution in [0, 0.1) is 6.92 Å². The van der Waals surface area contributed by atoms with Gasteiger partial charge in [0, 0.05) is 18.0 Å². The molecule has 0 aliphatic heterocycles. The number of hydrogen-bond acceptors (Lipinski definition) is 4. The molecule has 0 saturated heterocycles. The summed E-state index contributed by atoms with van der Waals surface area (Å²) in [6, 6.07) is 13.5. The first-order valence-electron chi connectivity index (χ1n) is 9.15. The highest BCUT2D eigenvalue weighted by molar-refractivity contribution is 7.98. The Hall–Kier alpha value is -1.76. The number of aryl methyl sites for hydroxylation is 1. The first-order chi connectivity index (χ1) is 13.5. The van der Waals surface area contributed by atoms with Gasteiger partial charge in [0.2, 0.25) is 0 Å². The zero-order valence-electron chi connectivity index (χ0n) is 16.1. The van der Waals surface area contributed by atoms with E-state index in [4.69, 9.17) is 28.6 Å². The Morgan fingerprint density at radius 3 is 2.79 bits per heavy atom. The predicted octanol–water partition coefficient (Wildman–Crippen LogP) is 5.44. The summed E-state index contributed by atoms with van der Waals surface area (Å²) >= 11 is 13.3. The SMILES string of the molecule is CCOC(=O)c1cc(NC(=S)NCCCSCc2ccccc2C)ccc1Cl. The number of halogens is 1. The summed E-state index contributed by atoms with van der Waals surface area (Å²) in [7, 11) is 0. The minimum atomic E-state index is -0.444. The number of carbonyl (C=O) groups is 1. The van der Waals surface area contributed by atoms with E-state index in [0.717, 1.165) is 24.5 Å². The van der Waals surface area contributed by atoms with Crippen LogP contribution in [0.3, 0.4) is 0 Å². The highest BCUT2D eigenvalue weighted by Crippen LogP contribution is 2.21. The van der Waals surface area contributed by atoms with Crippen LogP contribution in [0.5, 0.6) is 0 Å². The number of nitrogens with one attached hydrogen (secondary N) is 2. The van der Waals surface area contributed by atoms with Crippen LogP contribution >= 0.6 is 35.6 Å². The Bertz CT molecular complexity index is 815. The van der Waals surface area contributed by atoms with Gasteiger partial charge in [-0.2, -0.15) is 11.8 Å². The highest BCUT2D eigenvalue weighted by atomic mass is 35.5. The van der Waals surface area contributed by atoms with E-state index in [1.54, 1.807) is 25.1 Å². The predicted molar refractivity (Wildman–Crippen MR) is 124 cm³/mol. The average Bonchev–Trinajstić information content (AvgIpc) is 2.67. The van der Waals surface area contributed by atoms with Crippen LogP contribution in [-0.4, -0.2) is 30.0 Å². The standard InChI is InChI=1S/C21H25ClN2O2S2/c1-3-26-20(25)18-13-17(9-10-19(18)22)24-21(27)23-11-6-12-28-14-16-8-5-4-7-15(16)2/h4-5,7-10,13H,3,6,11-12,14H2,1-2H3,(H2,23,24,27). The number of thioether (sulfide) groups is 1. The zero-order valence-corrected chi connectivity index (χ0v) is 18.5. The minimum absolute atomic E-state index is 0.300. The van der Waals surface area contributed by atoms with E-state index >= 15 is 0 Å². The lowest BCUT2D eigenvalue weighted by molar-refractivity contribution is 0.0526. The second-order valence-electron chi connectivity index (χ2n) is 6.13. The molecule has 0 radical (unpaired) electrons. The van der Waals surface area contributed by atoms with Crippen molar-refractivity contribution in [3.8, 4) is 0 Å². The molecule has 0 fully saturated rings. The number of anilines is 1. The van der Waals surface area contributed by atoms with Crippen molar-refractivity contribution in [2.24, 2.45) is 0 Å². The van der Waals surface area contributed by atoms with Gasteiger partial charge in [-0.25, -0.2) is 4.79 Å². The maximum Gasteiger partial charge on any atom is 0.339 e. The third kappa shape index (κ3) is 7.34. The molecule has 0 aliphatic carbocycles. The second kappa shape index (κ2) is 11.9. The molecule has 0 amide bonds. The molecule has 0 atom stereocenters. The molecule has 150 valence electrons. The molecule has 7 heteroatoms. The molecule has 0 spiro atoms. The van der Waals surface area contributed by atoms with Crippen molar-refractivity contribution >= 4 is 52.3 Å². The summed E-state index contributed by atoms with van der Waals surface area (Å²) in [4.78, 5) is 11.9. The lowest BCUT2D eigenvalue weighted by atomic mass is 10.1. The maximum absolute atomic E-state index is 11.9. The molecule has 0 aliphatic rings. The Morgan fingerprint density at radius 2 is 2.04 bits per heavy atom. The van der Waals surface area contributed by atoms with Gasteiger partial charge < -0.3 is 15.4 Å². The molecular weight excluding hydrogens is 412 g/mol. The normalized spacial score (nSPS) is 10.4. The third-order valence-electron chi connectivity index (χ3n) is 3.99. The lowest BCUT2D eigenvalue weighted by Crippen LogP contribution is -2.29. The van der Waals surface area contributed by atoms with Gasteiger partial charge in [-0.1, -0.05) is 35.9 Å². The average molecular weight is 437 g/mol. The summed E-state index contributed by atoms with van der Waals surface area (Å²) in [5.41, 5.74) is 3.74.